The minimum absolute atomic E-state index is 0.0643. The second kappa shape index (κ2) is 8.23. The Morgan fingerprint density at radius 2 is 1.96 bits per heavy atom. The first-order chi connectivity index (χ1) is 12.2. The molecule has 2 aromatic carbocycles. The van der Waals surface area contributed by atoms with Crippen LogP contribution >= 0.6 is 0 Å². The molecule has 0 spiro atoms. The van der Waals surface area contributed by atoms with Gasteiger partial charge in [0.15, 0.2) is 0 Å². The molecule has 1 fully saturated rings. The zero-order valence-corrected chi connectivity index (χ0v) is 14.5. The Bertz CT molecular complexity index is 741. The highest BCUT2D eigenvalue weighted by molar-refractivity contribution is 6.04. The van der Waals surface area contributed by atoms with Crippen molar-refractivity contribution in [1.29, 1.82) is 0 Å². The van der Waals surface area contributed by atoms with Gasteiger partial charge in [0, 0.05) is 38.4 Å². The molecule has 2 aromatic rings. The molecule has 1 heterocycles. The summed E-state index contributed by atoms with van der Waals surface area (Å²) in [6.45, 7) is 7.12. The normalized spacial score (nSPS) is 15.1. The number of benzene rings is 2. The van der Waals surface area contributed by atoms with Gasteiger partial charge in [0.25, 0.3) is 5.91 Å². The molecule has 132 valence electrons. The van der Waals surface area contributed by atoms with Gasteiger partial charge < -0.3 is 10.6 Å². The van der Waals surface area contributed by atoms with Crippen molar-refractivity contribution in [1.82, 2.24) is 10.2 Å². The van der Waals surface area contributed by atoms with E-state index in [4.69, 9.17) is 0 Å². The van der Waals surface area contributed by atoms with Crippen molar-refractivity contribution < 1.29 is 9.18 Å². The summed E-state index contributed by atoms with van der Waals surface area (Å²) in [7, 11) is 0. The number of nitrogens with zero attached hydrogens (tertiary/aromatic N) is 1. The molecule has 25 heavy (non-hydrogen) atoms. The van der Waals surface area contributed by atoms with Gasteiger partial charge in [-0.25, -0.2) is 4.39 Å². The van der Waals surface area contributed by atoms with Crippen LogP contribution in [0.3, 0.4) is 0 Å². The summed E-state index contributed by atoms with van der Waals surface area (Å²) in [6.07, 6.45) is 0.808. The molecule has 0 bridgehead atoms. The second-order valence-corrected chi connectivity index (χ2v) is 6.31. The van der Waals surface area contributed by atoms with Gasteiger partial charge in [0.1, 0.15) is 5.82 Å². The fourth-order valence-electron chi connectivity index (χ4n) is 3.12. The molecule has 4 nitrogen and oxygen atoms in total. The Kier molecular flexibility index (Phi) is 5.79. The summed E-state index contributed by atoms with van der Waals surface area (Å²) in [6, 6.07) is 12.1. The third-order valence-electron chi connectivity index (χ3n) is 4.53. The summed E-state index contributed by atoms with van der Waals surface area (Å²) in [4.78, 5) is 14.8. The van der Waals surface area contributed by atoms with Gasteiger partial charge in [-0.05, 0) is 35.7 Å². The van der Waals surface area contributed by atoms with Gasteiger partial charge in [-0.15, -0.1) is 0 Å². The maximum Gasteiger partial charge on any atom is 0.258 e. The lowest BCUT2D eigenvalue weighted by Crippen LogP contribution is -2.42. The number of carbonyl (C=O) groups excluding carboxylic acids is 1. The van der Waals surface area contributed by atoms with Crippen LogP contribution < -0.4 is 10.6 Å². The van der Waals surface area contributed by atoms with E-state index >= 15 is 0 Å². The van der Waals surface area contributed by atoms with Gasteiger partial charge in [-0.3, -0.25) is 9.69 Å². The molecule has 1 amide bonds. The van der Waals surface area contributed by atoms with E-state index < -0.39 is 11.7 Å². The number of carbonyl (C=O) groups is 1. The summed E-state index contributed by atoms with van der Waals surface area (Å²) in [5.74, 6) is -0.920. The molecule has 0 saturated carbocycles. The number of nitrogens with one attached hydrogen (secondary N) is 2. The lowest BCUT2D eigenvalue weighted by molar-refractivity contribution is 0.102. The molecule has 0 atom stereocenters. The standard InChI is InChI=1S/C20H24FN3O/c1-2-16-13-15(14-24-11-9-22-10-12-24)7-8-19(16)23-20(25)17-5-3-4-6-18(17)21/h3-8,13,22H,2,9-12,14H2,1H3,(H,23,25). The van der Waals surface area contributed by atoms with Gasteiger partial charge in [-0.2, -0.15) is 0 Å². The molecule has 1 saturated heterocycles. The molecule has 3 rings (SSSR count). The Hall–Kier alpha value is -2.24. The molecule has 0 aliphatic carbocycles. The lowest BCUT2D eigenvalue weighted by atomic mass is 10.0. The number of anilines is 1. The Morgan fingerprint density at radius 1 is 1.20 bits per heavy atom. The molecule has 1 aliphatic rings. The van der Waals surface area contributed by atoms with Crippen LogP contribution in [0.5, 0.6) is 0 Å². The molecule has 0 aromatic heterocycles. The molecular weight excluding hydrogens is 317 g/mol. The predicted octanol–water partition coefficient (Wildman–Crippen LogP) is 3.05. The SMILES string of the molecule is CCc1cc(CN2CCNCC2)ccc1NC(=O)c1ccccc1F. The first-order valence-electron chi connectivity index (χ1n) is 8.78. The number of amides is 1. The fraction of sp³-hybridized carbons (Fsp3) is 0.350. The van der Waals surface area contributed by atoms with Crippen molar-refractivity contribution in [3.05, 3.63) is 65.0 Å². The maximum atomic E-state index is 13.8. The van der Waals surface area contributed by atoms with Crippen LogP contribution in [-0.2, 0) is 13.0 Å². The quantitative estimate of drug-likeness (QED) is 0.879. The molecular formula is C20H24FN3O. The monoisotopic (exact) mass is 341 g/mol. The Labute approximate surface area is 148 Å². The topological polar surface area (TPSA) is 44.4 Å². The Balaban J connectivity index is 1.73. The summed E-state index contributed by atoms with van der Waals surface area (Å²) in [5, 5.41) is 6.20. The average Bonchev–Trinajstić information content (AvgIpc) is 2.64. The van der Waals surface area contributed by atoms with Gasteiger partial charge >= 0.3 is 0 Å². The van der Waals surface area contributed by atoms with Crippen molar-refractivity contribution in [3.63, 3.8) is 0 Å². The van der Waals surface area contributed by atoms with E-state index in [1.807, 2.05) is 12.1 Å². The number of hydrogen-bond donors (Lipinski definition) is 2. The summed E-state index contributed by atoms with van der Waals surface area (Å²) < 4.78 is 13.8. The first kappa shape index (κ1) is 17.6. The first-order valence-corrected chi connectivity index (χ1v) is 8.78. The number of hydrogen-bond acceptors (Lipinski definition) is 3. The average molecular weight is 341 g/mol. The van der Waals surface area contributed by atoms with Gasteiger partial charge in [0.05, 0.1) is 5.56 Å². The summed E-state index contributed by atoms with van der Waals surface area (Å²) >= 11 is 0. The van der Waals surface area contributed by atoms with Gasteiger partial charge in [0.2, 0.25) is 0 Å². The Morgan fingerprint density at radius 3 is 2.68 bits per heavy atom. The fourth-order valence-corrected chi connectivity index (χ4v) is 3.12. The minimum atomic E-state index is -0.506. The van der Waals surface area contributed by atoms with E-state index in [1.54, 1.807) is 12.1 Å². The largest absolute Gasteiger partial charge is 0.322 e. The zero-order chi connectivity index (χ0) is 17.6. The molecule has 5 heteroatoms. The van der Waals surface area contributed by atoms with Crippen LogP contribution in [0, 0.1) is 5.82 Å². The summed E-state index contributed by atoms with van der Waals surface area (Å²) in [5.41, 5.74) is 3.12. The van der Waals surface area contributed by atoms with E-state index in [0.717, 1.165) is 50.4 Å². The highest BCUT2D eigenvalue weighted by atomic mass is 19.1. The van der Waals surface area contributed by atoms with Crippen molar-refractivity contribution in [2.24, 2.45) is 0 Å². The van der Waals surface area contributed by atoms with Crippen LogP contribution in [0.15, 0.2) is 42.5 Å². The third kappa shape index (κ3) is 4.44. The predicted molar refractivity (Wildman–Crippen MR) is 98.3 cm³/mol. The lowest BCUT2D eigenvalue weighted by Gasteiger charge is -2.27. The molecule has 0 unspecified atom stereocenters. The molecule has 2 N–H and O–H groups in total. The van der Waals surface area contributed by atoms with E-state index in [-0.39, 0.29) is 5.56 Å². The van der Waals surface area contributed by atoms with E-state index in [0.29, 0.717) is 0 Å². The van der Waals surface area contributed by atoms with Crippen molar-refractivity contribution in [2.75, 3.05) is 31.5 Å². The second-order valence-electron chi connectivity index (χ2n) is 6.31. The number of rotatable bonds is 5. The zero-order valence-electron chi connectivity index (χ0n) is 14.5. The van der Waals surface area contributed by atoms with E-state index in [9.17, 15) is 9.18 Å². The highest BCUT2D eigenvalue weighted by Gasteiger charge is 2.14. The maximum absolute atomic E-state index is 13.8. The smallest absolute Gasteiger partial charge is 0.258 e. The molecule has 1 aliphatic heterocycles. The van der Waals surface area contributed by atoms with Crippen molar-refractivity contribution in [2.45, 2.75) is 19.9 Å². The minimum Gasteiger partial charge on any atom is -0.322 e. The van der Waals surface area contributed by atoms with Crippen LogP contribution in [0.1, 0.15) is 28.4 Å². The number of halogens is 1. The van der Waals surface area contributed by atoms with E-state index in [1.165, 1.54) is 17.7 Å². The van der Waals surface area contributed by atoms with Crippen LogP contribution in [-0.4, -0.2) is 37.0 Å². The van der Waals surface area contributed by atoms with Crippen molar-refractivity contribution in [3.8, 4) is 0 Å². The number of aryl methyl sites for hydroxylation is 1. The molecule has 0 radical (unpaired) electrons. The van der Waals surface area contributed by atoms with Crippen LogP contribution in [0.25, 0.3) is 0 Å². The van der Waals surface area contributed by atoms with E-state index in [2.05, 4.69) is 28.5 Å². The van der Waals surface area contributed by atoms with Crippen LogP contribution in [0.2, 0.25) is 0 Å². The third-order valence-corrected chi connectivity index (χ3v) is 4.53. The number of piperazine rings is 1. The van der Waals surface area contributed by atoms with Gasteiger partial charge in [-0.1, -0.05) is 31.2 Å². The van der Waals surface area contributed by atoms with Crippen molar-refractivity contribution >= 4 is 11.6 Å². The van der Waals surface area contributed by atoms with Crippen LogP contribution in [0.4, 0.5) is 10.1 Å². The highest BCUT2D eigenvalue weighted by Crippen LogP contribution is 2.21.